The van der Waals surface area contributed by atoms with E-state index in [9.17, 15) is 19.2 Å². The molecule has 54 heavy (non-hydrogen) atoms. The number of rotatable bonds is 16. The molecule has 3 N–H and O–H groups in total. The summed E-state index contributed by atoms with van der Waals surface area (Å²) in [6, 6.07) is 18.2. The number of hydrogen-bond acceptors (Lipinski definition) is 9. The number of methoxy groups -OCH3 is 3. The van der Waals surface area contributed by atoms with Crippen molar-refractivity contribution in [1.29, 1.82) is 0 Å². The van der Waals surface area contributed by atoms with Crippen molar-refractivity contribution in [3.63, 3.8) is 0 Å². The van der Waals surface area contributed by atoms with Crippen LogP contribution in [0, 0.1) is 0 Å². The molecular formula is C41H54N4O9. The summed E-state index contributed by atoms with van der Waals surface area (Å²) in [5.74, 6) is 1.35. The summed E-state index contributed by atoms with van der Waals surface area (Å²) in [6.45, 7) is 8.69. The van der Waals surface area contributed by atoms with E-state index in [0.29, 0.717) is 60.8 Å². The Kier molecular flexibility index (Phi) is 14.6. The predicted molar refractivity (Wildman–Crippen MR) is 205 cm³/mol. The third kappa shape index (κ3) is 11.3. The monoisotopic (exact) mass is 746 g/mol. The van der Waals surface area contributed by atoms with Gasteiger partial charge in [-0.15, -0.1) is 0 Å². The first kappa shape index (κ1) is 41.3. The molecule has 0 unspecified atom stereocenters. The van der Waals surface area contributed by atoms with Gasteiger partial charge in [0, 0.05) is 43.8 Å². The molecule has 1 fully saturated rings. The van der Waals surface area contributed by atoms with Crippen molar-refractivity contribution >= 4 is 23.8 Å². The molecule has 3 aromatic carbocycles. The number of amides is 4. The third-order valence-corrected chi connectivity index (χ3v) is 9.07. The number of piperidine rings is 1. The maximum atomic E-state index is 14.2. The number of benzene rings is 3. The molecule has 0 spiro atoms. The number of carbonyl (C=O) groups excluding carboxylic acids is 4. The number of hydrogen-bond donors (Lipinski definition) is 3. The van der Waals surface area contributed by atoms with Gasteiger partial charge >= 0.3 is 6.09 Å². The largest absolute Gasteiger partial charge is 0.497 e. The summed E-state index contributed by atoms with van der Waals surface area (Å²) in [4.78, 5) is 54.2. The second-order valence-corrected chi connectivity index (χ2v) is 14.1. The van der Waals surface area contributed by atoms with Crippen molar-refractivity contribution in [3.8, 4) is 34.1 Å². The normalized spacial score (nSPS) is 13.6. The van der Waals surface area contributed by atoms with Crippen LogP contribution in [0.25, 0.3) is 11.1 Å². The fraction of sp³-hybridized carbons (Fsp3) is 0.463. The Morgan fingerprint density at radius 2 is 1.37 bits per heavy atom. The summed E-state index contributed by atoms with van der Waals surface area (Å²) in [7, 11) is 4.65. The predicted octanol–water partition coefficient (Wildman–Crippen LogP) is 5.88. The van der Waals surface area contributed by atoms with Gasteiger partial charge in [0.1, 0.15) is 34.1 Å². The van der Waals surface area contributed by atoms with E-state index in [-0.39, 0.29) is 38.4 Å². The van der Waals surface area contributed by atoms with Gasteiger partial charge in [-0.05, 0) is 88.8 Å². The SMILES string of the molecule is CCNC(=O)CCCCOc1cc(OC)c(CNC(=O)C2(NC(=O)c3ccc(-c4ccc(OC)cc4)cc3)CCN(C(=O)OC(C)(C)C)CC2)c(OC)c1. The molecule has 0 atom stereocenters. The Morgan fingerprint density at radius 3 is 1.91 bits per heavy atom. The molecule has 1 aliphatic heterocycles. The minimum Gasteiger partial charge on any atom is -0.497 e. The molecule has 292 valence electrons. The van der Waals surface area contributed by atoms with E-state index in [1.54, 1.807) is 57.0 Å². The van der Waals surface area contributed by atoms with Crippen LogP contribution in [0.3, 0.4) is 0 Å². The van der Waals surface area contributed by atoms with Gasteiger partial charge < -0.3 is 44.5 Å². The smallest absolute Gasteiger partial charge is 0.410 e. The van der Waals surface area contributed by atoms with Crippen LogP contribution >= 0.6 is 0 Å². The number of nitrogens with one attached hydrogen (secondary N) is 3. The fourth-order valence-corrected chi connectivity index (χ4v) is 6.11. The van der Waals surface area contributed by atoms with Crippen LogP contribution in [-0.4, -0.2) is 87.4 Å². The zero-order chi connectivity index (χ0) is 39.3. The fourth-order valence-electron chi connectivity index (χ4n) is 6.11. The summed E-state index contributed by atoms with van der Waals surface area (Å²) in [6.07, 6.45) is 1.65. The lowest BCUT2D eigenvalue weighted by atomic mass is 9.85. The standard InChI is InChI=1S/C41H54N4O9/c1-8-42-36(46)11-9-10-24-53-32-25-34(51-6)33(35(26-32)52-7)27-43-38(48)41(20-22-45(23-21-41)39(49)54-40(2,3)4)44-37(47)30-14-12-28(13-15-30)29-16-18-31(50-5)19-17-29/h12-19,25-26H,8-11,20-24,27H2,1-7H3,(H,42,46)(H,43,48)(H,44,47). The van der Waals surface area contributed by atoms with Gasteiger partial charge in [0.2, 0.25) is 11.8 Å². The highest BCUT2D eigenvalue weighted by Gasteiger charge is 2.44. The Labute approximate surface area is 318 Å². The van der Waals surface area contributed by atoms with E-state index in [1.807, 2.05) is 43.3 Å². The maximum Gasteiger partial charge on any atom is 0.410 e. The van der Waals surface area contributed by atoms with Crippen molar-refractivity contribution < 1.29 is 42.9 Å². The molecule has 13 nitrogen and oxygen atoms in total. The van der Waals surface area contributed by atoms with E-state index in [0.717, 1.165) is 16.9 Å². The molecule has 0 radical (unpaired) electrons. The van der Waals surface area contributed by atoms with Gasteiger partial charge in [-0.3, -0.25) is 14.4 Å². The topological polar surface area (TPSA) is 154 Å². The van der Waals surface area contributed by atoms with Crippen molar-refractivity contribution in [2.75, 3.05) is 47.6 Å². The molecule has 4 amide bonds. The van der Waals surface area contributed by atoms with Crippen LogP contribution in [0.2, 0.25) is 0 Å². The van der Waals surface area contributed by atoms with Crippen LogP contribution in [0.4, 0.5) is 4.79 Å². The zero-order valence-electron chi connectivity index (χ0n) is 32.5. The third-order valence-electron chi connectivity index (χ3n) is 9.07. The molecule has 0 aromatic heterocycles. The van der Waals surface area contributed by atoms with Crippen LogP contribution in [-0.2, 0) is 20.9 Å². The van der Waals surface area contributed by atoms with Gasteiger partial charge in [-0.1, -0.05) is 24.3 Å². The summed E-state index contributed by atoms with van der Waals surface area (Å²) >= 11 is 0. The number of unbranched alkanes of at least 4 members (excludes halogenated alkanes) is 1. The molecule has 1 heterocycles. The van der Waals surface area contributed by atoms with Crippen LogP contribution in [0.15, 0.2) is 60.7 Å². The molecule has 0 saturated carbocycles. The van der Waals surface area contributed by atoms with E-state index < -0.39 is 29.0 Å². The molecule has 0 aliphatic carbocycles. The summed E-state index contributed by atoms with van der Waals surface area (Å²) < 4.78 is 28.1. The molecule has 13 heteroatoms. The van der Waals surface area contributed by atoms with Crippen LogP contribution in [0.1, 0.15) is 75.7 Å². The Morgan fingerprint density at radius 1 is 0.778 bits per heavy atom. The van der Waals surface area contributed by atoms with Crippen molar-refractivity contribution in [1.82, 2.24) is 20.9 Å². The van der Waals surface area contributed by atoms with Crippen molar-refractivity contribution in [2.45, 2.75) is 77.5 Å². The summed E-state index contributed by atoms with van der Waals surface area (Å²) in [5, 5.41) is 8.81. The van der Waals surface area contributed by atoms with Gasteiger partial charge in [0.15, 0.2) is 0 Å². The first-order valence-corrected chi connectivity index (χ1v) is 18.3. The number of likely N-dealkylation sites (tertiary alicyclic amines) is 1. The molecule has 3 aromatic rings. The second kappa shape index (κ2) is 19.0. The van der Waals surface area contributed by atoms with Gasteiger partial charge in [-0.2, -0.15) is 0 Å². The number of ether oxygens (including phenoxy) is 5. The van der Waals surface area contributed by atoms with Gasteiger partial charge in [0.05, 0.1) is 40.0 Å². The lowest BCUT2D eigenvalue weighted by Crippen LogP contribution is -2.63. The Hall–Kier alpha value is -5.46. The quantitative estimate of drug-likeness (QED) is 0.153. The number of nitrogens with zero attached hydrogens (tertiary/aromatic N) is 1. The minimum absolute atomic E-state index is 0.0154. The number of carbonyl (C=O) groups is 4. The van der Waals surface area contributed by atoms with E-state index in [4.69, 9.17) is 23.7 Å². The highest BCUT2D eigenvalue weighted by Crippen LogP contribution is 2.35. The van der Waals surface area contributed by atoms with E-state index in [2.05, 4.69) is 16.0 Å². The molecule has 4 rings (SSSR count). The minimum atomic E-state index is -1.33. The first-order chi connectivity index (χ1) is 25.8. The maximum absolute atomic E-state index is 14.2. The van der Waals surface area contributed by atoms with Crippen LogP contribution < -0.4 is 34.9 Å². The average molecular weight is 747 g/mol. The van der Waals surface area contributed by atoms with Crippen molar-refractivity contribution in [3.05, 3.63) is 71.8 Å². The Bertz CT molecular complexity index is 1700. The van der Waals surface area contributed by atoms with E-state index in [1.165, 1.54) is 14.2 Å². The highest BCUT2D eigenvalue weighted by molar-refractivity contribution is 5.99. The molecular weight excluding hydrogens is 692 g/mol. The van der Waals surface area contributed by atoms with Crippen molar-refractivity contribution in [2.24, 2.45) is 0 Å². The molecule has 1 saturated heterocycles. The zero-order valence-corrected chi connectivity index (χ0v) is 32.5. The Balaban J connectivity index is 1.49. The van der Waals surface area contributed by atoms with E-state index >= 15 is 0 Å². The van der Waals surface area contributed by atoms with Gasteiger partial charge in [0.25, 0.3) is 5.91 Å². The lowest BCUT2D eigenvalue weighted by molar-refractivity contribution is -0.129. The highest BCUT2D eigenvalue weighted by atomic mass is 16.6. The average Bonchev–Trinajstić information content (AvgIpc) is 3.16. The van der Waals surface area contributed by atoms with Gasteiger partial charge in [-0.25, -0.2) is 4.79 Å². The lowest BCUT2D eigenvalue weighted by Gasteiger charge is -2.41. The summed E-state index contributed by atoms with van der Waals surface area (Å²) in [5.41, 5.74) is 0.841. The second-order valence-electron chi connectivity index (χ2n) is 14.1. The van der Waals surface area contributed by atoms with Crippen LogP contribution in [0.5, 0.6) is 23.0 Å². The first-order valence-electron chi connectivity index (χ1n) is 18.3. The molecule has 1 aliphatic rings. The molecule has 0 bridgehead atoms.